The molecule has 2 aromatic rings. The predicted octanol–water partition coefficient (Wildman–Crippen LogP) is 2.23. The molecule has 126 valence electrons. The fourth-order valence-corrected chi connectivity index (χ4v) is 2.76. The maximum Gasteiger partial charge on any atom is 0.178 e. The van der Waals surface area contributed by atoms with E-state index < -0.39 is 0 Å². The van der Waals surface area contributed by atoms with Crippen molar-refractivity contribution in [1.82, 2.24) is 15.5 Å². The van der Waals surface area contributed by atoms with Gasteiger partial charge in [-0.25, -0.2) is 0 Å². The van der Waals surface area contributed by atoms with E-state index in [2.05, 4.69) is 27.0 Å². The van der Waals surface area contributed by atoms with Crippen molar-refractivity contribution in [2.24, 2.45) is 0 Å². The summed E-state index contributed by atoms with van der Waals surface area (Å²) >= 11 is 0. The van der Waals surface area contributed by atoms with Crippen molar-refractivity contribution in [3.63, 3.8) is 0 Å². The molecule has 6 nitrogen and oxygen atoms in total. The van der Waals surface area contributed by atoms with E-state index in [0.29, 0.717) is 11.3 Å². The third-order valence-electron chi connectivity index (χ3n) is 4.28. The topological polar surface area (TPSA) is 64.5 Å². The first-order valence-corrected chi connectivity index (χ1v) is 8.09. The lowest BCUT2D eigenvalue weighted by atomic mass is 10.1. The van der Waals surface area contributed by atoms with Gasteiger partial charge in [0.1, 0.15) is 5.75 Å². The third-order valence-corrected chi connectivity index (χ3v) is 4.28. The van der Waals surface area contributed by atoms with Crippen LogP contribution >= 0.6 is 0 Å². The fraction of sp³-hybridized carbons (Fsp3) is 0.333. The molecular weight excluding hydrogens is 302 g/mol. The summed E-state index contributed by atoms with van der Waals surface area (Å²) in [5, 5.41) is 22.2. The third kappa shape index (κ3) is 3.19. The molecule has 1 fully saturated rings. The molecule has 0 saturated carbocycles. The highest BCUT2D eigenvalue weighted by Gasteiger charge is 2.20. The molecule has 0 aliphatic carbocycles. The summed E-state index contributed by atoms with van der Waals surface area (Å²) < 4.78 is 0. The number of hydrogen-bond acceptors (Lipinski definition) is 6. The first-order valence-electron chi connectivity index (χ1n) is 8.09. The van der Waals surface area contributed by atoms with E-state index in [1.54, 1.807) is 12.1 Å². The number of hydrogen-bond donors (Lipinski definition) is 2. The van der Waals surface area contributed by atoms with Crippen LogP contribution in [0.1, 0.15) is 6.92 Å². The lowest BCUT2D eigenvalue weighted by Gasteiger charge is -2.32. The molecule has 1 aliphatic rings. The molecule has 0 radical (unpaired) electrons. The highest BCUT2D eigenvalue weighted by Crippen LogP contribution is 2.34. The minimum absolute atomic E-state index is 0.207. The van der Waals surface area contributed by atoms with Crippen molar-refractivity contribution >= 4 is 11.5 Å². The maximum atomic E-state index is 10.1. The summed E-state index contributed by atoms with van der Waals surface area (Å²) in [5.41, 5.74) is 3.26. The zero-order valence-electron chi connectivity index (χ0n) is 14.2. The molecule has 0 unspecified atom stereocenters. The van der Waals surface area contributed by atoms with E-state index in [1.165, 1.54) is 0 Å². The monoisotopic (exact) mass is 325 g/mol. The van der Waals surface area contributed by atoms with Crippen LogP contribution in [-0.4, -0.2) is 48.5 Å². The molecule has 1 aliphatic heterocycles. The van der Waals surface area contributed by atoms with Crippen molar-refractivity contribution < 1.29 is 5.11 Å². The van der Waals surface area contributed by atoms with Gasteiger partial charge in [0.2, 0.25) is 0 Å². The number of nitrogens with one attached hydrogen (secondary N) is 1. The zero-order valence-corrected chi connectivity index (χ0v) is 14.2. The molecule has 1 saturated heterocycles. The molecule has 24 heavy (non-hydrogen) atoms. The summed E-state index contributed by atoms with van der Waals surface area (Å²) in [6.07, 6.45) is 0. The van der Waals surface area contributed by atoms with Crippen molar-refractivity contribution in [3.8, 4) is 17.0 Å². The number of allylic oxidation sites excluding steroid dienone is 1. The van der Waals surface area contributed by atoms with Crippen molar-refractivity contribution in [2.45, 2.75) is 6.92 Å². The predicted molar refractivity (Wildman–Crippen MR) is 97.4 cm³/mol. The number of phenols is 1. The Kier molecular flexibility index (Phi) is 4.66. The van der Waals surface area contributed by atoms with Gasteiger partial charge in [-0.15, -0.1) is 10.2 Å². The van der Waals surface area contributed by atoms with Gasteiger partial charge in [0, 0.05) is 44.5 Å². The van der Waals surface area contributed by atoms with Crippen LogP contribution in [-0.2, 0) is 0 Å². The molecule has 6 heteroatoms. The second-order valence-electron chi connectivity index (χ2n) is 5.99. The van der Waals surface area contributed by atoms with Gasteiger partial charge >= 0.3 is 0 Å². The van der Waals surface area contributed by atoms with Crippen molar-refractivity contribution in [1.29, 1.82) is 0 Å². The number of benzene rings is 1. The molecule has 0 amide bonds. The average Bonchev–Trinajstić information content (AvgIpc) is 2.62. The molecule has 3 rings (SSSR count). The SMILES string of the molecule is C=C(C)N(C)c1nnc(-c2ccccc2O)cc1N1CCNCC1. The first-order chi connectivity index (χ1) is 11.6. The normalized spacial score (nSPS) is 14.5. The standard InChI is InChI=1S/C18H23N5O/c1-13(2)22(3)18-16(23-10-8-19-9-11-23)12-15(20-21-18)14-6-4-5-7-17(14)24/h4-7,12,19,24H,1,8-11H2,2-3H3. The number of anilines is 2. The Balaban J connectivity index is 2.08. The summed E-state index contributed by atoms with van der Waals surface area (Å²) in [4.78, 5) is 4.24. The Hall–Kier alpha value is -2.60. The molecule has 0 atom stereocenters. The molecule has 2 N–H and O–H groups in total. The van der Waals surface area contributed by atoms with Crippen LogP contribution in [0.3, 0.4) is 0 Å². The van der Waals surface area contributed by atoms with E-state index in [1.807, 2.05) is 37.1 Å². The van der Waals surface area contributed by atoms with E-state index >= 15 is 0 Å². The number of aromatic nitrogens is 2. The van der Waals surface area contributed by atoms with Gasteiger partial charge < -0.3 is 20.2 Å². The van der Waals surface area contributed by atoms with Crippen LogP contribution < -0.4 is 15.1 Å². The Morgan fingerprint density at radius 2 is 1.96 bits per heavy atom. The minimum Gasteiger partial charge on any atom is -0.507 e. The summed E-state index contributed by atoms with van der Waals surface area (Å²) in [6.45, 7) is 9.63. The number of phenolic OH excluding ortho intramolecular Hbond substituents is 1. The molecule has 2 heterocycles. The molecular formula is C18H23N5O. The number of nitrogens with zero attached hydrogens (tertiary/aromatic N) is 4. The number of aromatic hydroxyl groups is 1. The second-order valence-corrected chi connectivity index (χ2v) is 5.99. The minimum atomic E-state index is 0.207. The Morgan fingerprint density at radius 1 is 1.25 bits per heavy atom. The van der Waals surface area contributed by atoms with Crippen molar-refractivity contribution in [3.05, 3.63) is 42.6 Å². The number of para-hydroxylation sites is 1. The van der Waals surface area contributed by atoms with E-state index in [0.717, 1.165) is 43.4 Å². The van der Waals surface area contributed by atoms with Gasteiger partial charge in [-0.3, -0.25) is 0 Å². The highest BCUT2D eigenvalue weighted by molar-refractivity contribution is 5.76. The quantitative estimate of drug-likeness (QED) is 0.899. The van der Waals surface area contributed by atoms with Crippen LogP contribution in [0.4, 0.5) is 11.5 Å². The van der Waals surface area contributed by atoms with Crippen LogP contribution in [0, 0.1) is 0 Å². The smallest absolute Gasteiger partial charge is 0.178 e. The second kappa shape index (κ2) is 6.88. The van der Waals surface area contributed by atoms with Gasteiger partial charge in [0.15, 0.2) is 5.82 Å². The van der Waals surface area contributed by atoms with Gasteiger partial charge in [-0.2, -0.15) is 0 Å². The highest BCUT2D eigenvalue weighted by atomic mass is 16.3. The molecule has 1 aromatic carbocycles. The number of rotatable bonds is 4. The van der Waals surface area contributed by atoms with Gasteiger partial charge in [0.25, 0.3) is 0 Å². The summed E-state index contributed by atoms with van der Waals surface area (Å²) in [5.74, 6) is 0.989. The zero-order chi connectivity index (χ0) is 17.1. The Morgan fingerprint density at radius 3 is 2.62 bits per heavy atom. The summed E-state index contributed by atoms with van der Waals surface area (Å²) in [6, 6.07) is 9.20. The fourth-order valence-electron chi connectivity index (χ4n) is 2.76. The molecule has 1 aromatic heterocycles. The lowest BCUT2D eigenvalue weighted by molar-refractivity contribution is 0.477. The van der Waals surface area contributed by atoms with Crippen LogP contribution in [0.2, 0.25) is 0 Å². The Bertz CT molecular complexity index is 740. The summed E-state index contributed by atoms with van der Waals surface area (Å²) in [7, 11) is 1.94. The van der Waals surface area contributed by atoms with E-state index in [9.17, 15) is 5.11 Å². The molecule has 0 spiro atoms. The molecule has 0 bridgehead atoms. The van der Waals surface area contributed by atoms with Crippen LogP contribution in [0.5, 0.6) is 5.75 Å². The van der Waals surface area contributed by atoms with E-state index in [4.69, 9.17) is 0 Å². The van der Waals surface area contributed by atoms with E-state index in [-0.39, 0.29) is 5.75 Å². The maximum absolute atomic E-state index is 10.1. The van der Waals surface area contributed by atoms with Crippen LogP contribution in [0.25, 0.3) is 11.3 Å². The average molecular weight is 325 g/mol. The lowest BCUT2D eigenvalue weighted by Crippen LogP contribution is -2.44. The van der Waals surface area contributed by atoms with Gasteiger partial charge in [-0.1, -0.05) is 18.7 Å². The Labute approximate surface area is 142 Å². The van der Waals surface area contributed by atoms with Gasteiger partial charge in [-0.05, 0) is 25.1 Å². The van der Waals surface area contributed by atoms with Crippen molar-refractivity contribution in [2.75, 3.05) is 43.0 Å². The largest absolute Gasteiger partial charge is 0.507 e. The van der Waals surface area contributed by atoms with Gasteiger partial charge in [0.05, 0.1) is 11.4 Å². The van der Waals surface area contributed by atoms with Crippen LogP contribution in [0.15, 0.2) is 42.6 Å². The number of piperazine rings is 1. The first kappa shape index (κ1) is 16.3.